The molecule has 1 saturated heterocycles. The van der Waals surface area contributed by atoms with Crippen molar-refractivity contribution < 1.29 is 10.9 Å². The lowest BCUT2D eigenvalue weighted by Gasteiger charge is -2.36. The number of ether oxygens (including phenoxy) is 2. The monoisotopic (exact) mass is 200 g/mol. The van der Waals surface area contributed by atoms with Gasteiger partial charge in [-0.05, 0) is 18.8 Å². The summed E-state index contributed by atoms with van der Waals surface area (Å²) in [5.41, 5.74) is 0. The Balaban J connectivity index is 0.00000112. The molecule has 0 atom stereocenters. The third kappa shape index (κ3) is 2.48. The molecule has 0 radical (unpaired) electrons. The maximum atomic E-state index is 5.74. The van der Waals surface area contributed by atoms with Crippen LogP contribution in [0.15, 0.2) is 0 Å². The summed E-state index contributed by atoms with van der Waals surface area (Å²) >= 11 is 0. The van der Waals surface area contributed by atoms with Crippen LogP contribution in [-0.4, -0.2) is 19.5 Å². The van der Waals surface area contributed by atoms with Gasteiger partial charge in [0.1, 0.15) is 0 Å². The summed E-state index contributed by atoms with van der Waals surface area (Å²) in [6.07, 6.45) is 5.39. The lowest BCUT2D eigenvalue weighted by molar-refractivity contribution is -0.226. The molecule has 1 aliphatic heterocycles. The van der Waals surface area contributed by atoms with E-state index in [9.17, 15) is 0 Å². The van der Waals surface area contributed by atoms with E-state index < -0.39 is 0 Å². The molecule has 0 spiro atoms. The van der Waals surface area contributed by atoms with Gasteiger partial charge >= 0.3 is 0 Å². The van der Waals surface area contributed by atoms with Gasteiger partial charge in [-0.2, -0.15) is 0 Å². The van der Waals surface area contributed by atoms with Crippen LogP contribution in [0.2, 0.25) is 0 Å². The first-order valence-corrected chi connectivity index (χ1v) is 5.99. The lowest BCUT2D eigenvalue weighted by Crippen LogP contribution is -2.37. The molecule has 0 bridgehead atoms. The smallest absolute Gasteiger partial charge is 0.160 e. The van der Waals surface area contributed by atoms with Crippen LogP contribution in [0.1, 0.15) is 41.0 Å². The fourth-order valence-corrected chi connectivity index (χ4v) is 2.44. The van der Waals surface area contributed by atoms with Crippen molar-refractivity contribution in [2.24, 2.45) is 17.8 Å². The molecule has 2 nitrogen and oxygen atoms in total. The Kier molecular flexibility index (Phi) is 3.45. The first-order valence-electron chi connectivity index (χ1n) is 5.99. The van der Waals surface area contributed by atoms with Crippen LogP contribution in [-0.2, 0) is 9.47 Å². The van der Waals surface area contributed by atoms with Crippen molar-refractivity contribution in [2.45, 2.75) is 45.8 Å². The van der Waals surface area contributed by atoms with Crippen molar-refractivity contribution in [1.29, 1.82) is 0 Å². The lowest BCUT2D eigenvalue weighted by atomic mass is 9.82. The Morgan fingerprint density at radius 3 is 2.00 bits per heavy atom. The summed E-state index contributed by atoms with van der Waals surface area (Å²) in [7, 11) is 0. The molecule has 1 saturated carbocycles. The number of rotatable bonds is 1. The topological polar surface area (TPSA) is 18.5 Å². The maximum absolute atomic E-state index is 5.74. The molecule has 14 heavy (non-hydrogen) atoms. The van der Waals surface area contributed by atoms with Crippen LogP contribution < -0.4 is 0 Å². The van der Waals surface area contributed by atoms with Crippen LogP contribution in [0.3, 0.4) is 0 Å². The average molecular weight is 200 g/mol. The van der Waals surface area contributed by atoms with Crippen molar-refractivity contribution in [2.75, 3.05) is 13.2 Å². The Labute approximate surface area is 88.5 Å². The first kappa shape index (κ1) is 10.4. The zero-order chi connectivity index (χ0) is 9.97. The van der Waals surface area contributed by atoms with Gasteiger partial charge in [0.15, 0.2) is 6.29 Å². The van der Waals surface area contributed by atoms with Gasteiger partial charge in [0.2, 0.25) is 0 Å². The van der Waals surface area contributed by atoms with E-state index in [4.69, 9.17) is 9.47 Å². The summed E-state index contributed by atoms with van der Waals surface area (Å²) in [6.45, 7) is 6.30. The number of hydrogen-bond donors (Lipinski definition) is 0. The molecule has 0 amide bonds. The molecular formula is C12H24O2. The standard InChI is InChI=1S/C12H22O2.H2/c1-9-3-5-11(6-4-9)12-13-7-10(2)8-14-12;/h9-12H,3-8H2,1-2H3;1H. The predicted molar refractivity (Wildman–Crippen MR) is 58.1 cm³/mol. The normalized spacial score (nSPS) is 45.0. The minimum atomic E-state index is 0. The highest BCUT2D eigenvalue weighted by atomic mass is 16.7. The minimum Gasteiger partial charge on any atom is -0.352 e. The second-order valence-corrected chi connectivity index (χ2v) is 5.16. The van der Waals surface area contributed by atoms with E-state index in [0.717, 1.165) is 19.1 Å². The van der Waals surface area contributed by atoms with Gasteiger partial charge in [0.25, 0.3) is 0 Å². The van der Waals surface area contributed by atoms with Crippen molar-refractivity contribution in [3.05, 3.63) is 0 Å². The molecule has 0 aromatic carbocycles. The van der Waals surface area contributed by atoms with Crippen LogP contribution in [0.4, 0.5) is 0 Å². The summed E-state index contributed by atoms with van der Waals surface area (Å²) in [4.78, 5) is 0. The third-order valence-corrected chi connectivity index (χ3v) is 3.54. The highest BCUT2D eigenvalue weighted by Crippen LogP contribution is 2.33. The molecule has 2 aliphatic rings. The molecule has 1 heterocycles. The van der Waals surface area contributed by atoms with Crippen molar-refractivity contribution in [3.63, 3.8) is 0 Å². The second-order valence-electron chi connectivity index (χ2n) is 5.16. The molecule has 0 aromatic rings. The Hall–Kier alpha value is -0.0800. The summed E-state index contributed by atoms with van der Waals surface area (Å²) in [5, 5.41) is 0. The first-order chi connectivity index (χ1) is 6.75. The van der Waals surface area contributed by atoms with Crippen LogP contribution in [0.25, 0.3) is 0 Å². The predicted octanol–water partition coefficient (Wildman–Crippen LogP) is 3.07. The molecule has 0 N–H and O–H groups in total. The SMILES string of the molecule is CC1CCC(C2OCC(C)CO2)CC1.[HH]. The average Bonchev–Trinajstić information content (AvgIpc) is 2.21. The van der Waals surface area contributed by atoms with Gasteiger partial charge in [-0.3, -0.25) is 0 Å². The zero-order valence-corrected chi connectivity index (χ0v) is 9.37. The molecule has 84 valence electrons. The van der Waals surface area contributed by atoms with Gasteiger partial charge in [-0.1, -0.05) is 26.7 Å². The van der Waals surface area contributed by atoms with E-state index >= 15 is 0 Å². The third-order valence-electron chi connectivity index (χ3n) is 3.54. The van der Waals surface area contributed by atoms with Gasteiger partial charge in [0, 0.05) is 13.3 Å². The molecule has 0 unspecified atom stereocenters. The molecule has 2 fully saturated rings. The Bertz CT molecular complexity index is 150. The molecular weight excluding hydrogens is 176 g/mol. The van der Waals surface area contributed by atoms with E-state index in [1.54, 1.807) is 0 Å². The van der Waals surface area contributed by atoms with E-state index in [1.807, 2.05) is 0 Å². The van der Waals surface area contributed by atoms with Gasteiger partial charge < -0.3 is 9.47 Å². The fourth-order valence-electron chi connectivity index (χ4n) is 2.44. The molecule has 2 heteroatoms. The van der Waals surface area contributed by atoms with Crippen molar-refractivity contribution in [1.82, 2.24) is 0 Å². The number of hydrogen-bond acceptors (Lipinski definition) is 2. The molecule has 1 aliphatic carbocycles. The summed E-state index contributed by atoms with van der Waals surface area (Å²) < 4.78 is 11.5. The largest absolute Gasteiger partial charge is 0.352 e. The van der Waals surface area contributed by atoms with E-state index in [2.05, 4.69) is 13.8 Å². The van der Waals surface area contributed by atoms with Gasteiger partial charge in [-0.15, -0.1) is 0 Å². The Morgan fingerprint density at radius 1 is 0.857 bits per heavy atom. The van der Waals surface area contributed by atoms with Crippen molar-refractivity contribution in [3.8, 4) is 0 Å². The van der Waals surface area contributed by atoms with Crippen LogP contribution in [0.5, 0.6) is 0 Å². The van der Waals surface area contributed by atoms with Crippen LogP contribution >= 0.6 is 0 Å². The zero-order valence-electron chi connectivity index (χ0n) is 9.37. The van der Waals surface area contributed by atoms with E-state index in [-0.39, 0.29) is 7.72 Å². The highest BCUT2D eigenvalue weighted by molar-refractivity contribution is 4.74. The molecule has 2 rings (SSSR count). The van der Waals surface area contributed by atoms with Crippen molar-refractivity contribution >= 4 is 0 Å². The van der Waals surface area contributed by atoms with E-state index in [1.165, 1.54) is 25.7 Å². The maximum Gasteiger partial charge on any atom is 0.160 e. The van der Waals surface area contributed by atoms with Crippen LogP contribution in [0, 0.1) is 17.8 Å². The highest BCUT2D eigenvalue weighted by Gasteiger charge is 2.30. The minimum absolute atomic E-state index is 0. The molecule has 0 aromatic heterocycles. The Morgan fingerprint density at radius 2 is 1.43 bits per heavy atom. The van der Waals surface area contributed by atoms with Gasteiger partial charge in [0.05, 0.1) is 13.2 Å². The quantitative estimate of drug-likeness (QED) is 0.647. The van der Waals surface area contributed by atoms with Gasteiger partial charge in [-0.25, -0.2) is 0 Å². The van der Waals surface area contributed by atoms with E-state index in [0.29, 0.717) is 11.8 Å². The fraction of sp³-hybridized carbons (Fsp3) is 1.00. The second kappa shape index (κ2) is 4.63. The summed E-state index contributed by atoms with van der Waals surface area (Å²) in [5.74, 6) is 2.15. The summed E-state index contributed by atoms with van der Waals surface area (Å²) in [6, 6.07) is 0.